The van der Waals surface area contributed by atoms with Crippen molar-refractivity contribution in [3.63, 3.8) is 0 Å². The molecule has 0 spiro atoms. The molecule has 0 aliphatic heterocycles. The smallest absolute Gasteiger partial charge is 0.124 e. The predicted molar refractivity (Wildman–Crippen MR) is 59.5 cm³/mol. The topological polar surface area (TPSA) is 74.9 Å². The maximum absolute atomic E-state index is 9.31. The molecule has 1 atom stereocenters. The van der Waals surface area contributed by atoms with Crippen LogP contribution in [0.5, 0.6) is 5.75 Å². The minimum atomic E-state index is -0.0976. The van der Waals surface area contributed by atoms with Crippen LogP contribution in [-0.4, -0.2) is 15.1 Å². The van der Waals surface area contributed by atoms with E-state index in [2.05, 4.69) is 23.8 Å². The number of nitrogens with zero attached hydrogens (tertiary/aromatic N) is 1. The molecule has 4 N–H and O–H groups in total. The molecule has 0 aliphatic carbocycles. The lowest BCUT2D eigenvalue weighted by Gasteiger charge is -2.11. The van der Waals surface area contributed by atoms with Gasteiger partial charge < -0.3 is 15.8 Å². The molecule has 4 heteroatoms. The number of phenolic OH excluding ortho intramolecular Hbond substituents is 1. The Labute approximate surface area is 88.1 Å². The van der Waals surface area contributed by atoms with Crippen molar-refractivity contribution in [2.45, 2.75) is 19.9 Å². The van der Waals surface area contributed by atoms with Gasteiger partial charge in [-0.1, -0.05) is 13.8 Å². The van der Waals surface area contributed by atoms with Gasteiger partial charge in [-0.15, -0.1) is 0 Å². The van der Waals surface area contributed by atoms with Crippen molar-refractivity contribution in [1.29, 1.82) is 0 Å². The molecule has 1 heterocycles. The number of hydrogen-bond donors (Lipinski definition) is 3. The van der Waals surface area contributed by atoms with Gasteiger partial charge in [0.2, 0.25) is 0 Å². The third-order valence-electron chi connectivity index (χ3n) is 2.52. The van der Waals surface area contributed by atoms with Gasteiger partial charge in [0.05, 0.1) is 17.1 Å². The first-order valence-electron chi connectivity index (χ1n) is 5.02. The quantitative estimate of drug-likeness (QED) is 0.701. The van der Waals surface area contributed by atoms with Crippen molar-refractivity contribution in [2.24, 2.45) is 11.7 Å². The second kappa shape index (κ2) is 3.55. The number of fused-ring (bicyclic) bond motifs is 1. The lowest BCUT2D eigenvalue weighted by molar-refractivity contribution is 0.476. The Morgan fingerprint density at radius 1 is 1.40 bits per heavy atom. The maximum Gasteiger partial charge on any atom is 0.124 e. The molecule has 0 saturated carbocycles. The molecule has 0 saturated heterocycles. The minimum absolute atomic E-state index is 0.0976. The number of nitrogens with one attached hydrogen (secondary N) is 1. The summed E-state index contributed by atoms with van der Waals surface area (Å²) in [7, 11) is 0. The predicted octanol–water partition coefficient (Wildman–Crippen LogP) is 1.92. The monoisotopic (exact) mass is 205 g/mol. The Kier molecular flexibility index (Phi) is 2.36. The van der Waals surface area contributed by atoms with Crippen molar-refractivity contribution in [3.8, 4) is 5.75 Å². The second-order valence-electron chi connectivity index (χ2n) is 4.09. The molecule has 80 valence electrons. The molecule has 1 aromatic carbocycles. The molecular formula is C11H15N3O. The van der Waals surface area contributed by atoms with Gasteiger partial charge in [-0.25, -0.2) is 4.98 Å². The van der Waals surface area contributed by atoms with Gasteiger partial charge in [0.25, 0.3) is 0 Å². The molecule has 0 radical (unpaired) electrons. The number of nitrogens with two attached hydrogens (primary N) is 1. The zero-order chi connectivity index (χ0) is 11.0. The Bertz CT molecular complexity index is 476. The first-order chi connectivity index (χ1) is 7.08. The minimum Gasteiger partial charge on any atom is -0.508 e. The Balaban J connectivity index is 2.47. The van der Waals surface area contributed by atoms with E-state index in [9.17, 15) is 5.11 Å². The number of aromatic hydroxyl groups is 1. The van der Waals surface area contributed by atoms with E-state index >= 15 is 0 Å². The van der Waals surface area contributed by atoms with Crippen LogP contribution in [0, 0.1) is 5.92 Å². The van der Waals surface area contributed by atoms with Gasteiger partial charge in [-0.3, -0.25) is 0 Å². The van der Waals surface area contributed by atoms with Gasteiger partial charge in [-0.2, -0.15) is 0 Å². The summed E-state index contributed by atoms with van der Waals surface area (Å²) >= 11 is 0. The summed E-state index contributed by atoms with van der Waals surface area (Å²) in [6.07, 6.45) is 0. The summed E-state index contributed by atoms with van der Waals surface area (Å²) in [5.41, 5.74) is 7.64. The van der Waals surface area contributed by atoms with E-state index in [1.54, 1.807) is 18.2 Å². The van der Waals surface area contributed by atoms with Crippen LogP contribution in [-0.2, 0) is 0 Å². The van der Waals surface area contributed by atoms with E-state index in [-0.39, 0.29) is 11.8 Å². The third kappa shape index (κ3) is 1.80. The number of rotatable bonds is 2. The van der Waals surface area contributed by atoms with Gasteiger partial charge >= 0.3 is 0 Å². The molecule has 0 bridgehead atoms. The number of imidazole rings is 1. The first kappa shape index (κ1) is 9.98. The van der Waals surface area contributed by atoms with E-state index < -0.39 is 0 Å². The third-order valence-corrected chi connectivity index (χ3v) is 2.52. The second-order valence-corrected chi connectivity index (χ2v) is 4.09. The summed E-state index contributed by atoms with van der Waals surface area (Å²) in [5, 5.41) is 9.31. The van der Waals surface area contributed by atoms with Crippen LogP contribution in [0.25, 0.3) is 11.0 Å². The number of aromatic amines is 1. The zero-order valence-electron chi connectivity index (χ0n) is 8.86. The number of H-pyrrole nitrogens is 1. The van der Waals surface area contributed by atoms with Gasteiger partial charge in [0.15, 0.2) is 0 Å². The molecule has 1 aromatic heterocycles. The van der Waals surface area contributed by atoms with Crippen LogP contribution in [0.1, 0.15) is 25.7 Å². The standard InChI is InChI=1S/C11H15N3O/c1-6(2)10(12)11-13-8-4-3-7(15)5-9(8)14-11/h3-6,10,15H,12H2,1-2H3,(H,13,14). The van der Waals surface area contributed by atoms with Crippen LogP contribution in [0.4, 0.5) is 0 Å². The highest BCUT2D eigenvalue weighted by atomic mass is 16.3. The average molecular weight is 205 g/mol. The Morgan fingerprint density at radius 2 is 2.13 bits per heavy atom. The molecular weight excluding hydrogens is 190 g/mol. The fourth-order valence-electron chi connectivity index (χ4n) is 1.49. The van der Waals surface area contributed by atoms with Crippen LogP contribution in [0.2, 0.25) is 0 Å². The fourth-order valence-corrected chi connectivity index (χ4v) is 1.49. The van der Waals surface area contributed by atoms with Crippen molar-refractivity contribution in [1.82, 2.24) is 9.97 Å². The van der Waals surface area contributed by atoms with Crippen LogP contribution < -0.4 is 5.73 Å². The largest absolute Gasteiger partial charge is 0.508 e. The fraction of sp³-hybridized carbons (Fsp3) is 0.364. The lowest BCUT2D eigenvalue weighted by atomic mass is 10.1. The molecule has 0 fully saturated rings. The summed E-state index contributed by atoms with van der Waals surface area (Å²) in [5.74, 6) is 1.33. The molecule has 1 unspecified atom stereocenters. The average Bonchev–Trinajstić information content (AvgIpc) is 2.58. The maximum atomic E-state index is 9.31. The highest BCUT2D eigenvalue weighted by molar-refractivity contribution is 5.76. The van der Waals surface area contributed by atoms with Crippen molar-refractivity contribution >= 4 is 11.0 Å². The normalized spacial score (nSPS) is 13.6. The number of aromatic nitrogens is 2. The molecule has 4 nitrogen and oxygen atoms in total. The molecule has 0 amide bonds. The highest BCUT2D eigenvalue weighted by Gasteiger charge is 2.14. The molecule has 0 aliphatic rings. The van der Waals surface area contributed by atoms with Crippen LogP contribution in [0.15, 0.2) is 18.2 Å². The summed E-state index contributed by atoms with van der Waals surface area (Å²) < 4.78 is 0. The zero-order valence-corrected chi connectivity index (χ0v) is 8.86. The van der Waals surface area contributed by atoms with E-state index in [4.69, 9.17) is 5.73 Å². The van der Waals surface area contributed by atoms with Crippen LogP contribution >= 0.6 is 0 Å². The molecule has 2 rings (SSSR count). The van der Waals surface area contributed by atoms with Gasteiger partial charge in [0.1, 0.15) is 11.6 Å². The highest BCUT2D eigenvalue weighted by Crippen LogP contribution is 2.22. The van der Waals surface area contributed by atoms with E-state index in [1.165, 1.54) is 0 Å². The van der Waals surface area contributed by atoms with Crippen LogP contribution in [0.3, 0.4) is 0 Å². The lowest BCUT2D eigenvalue weighted by Crippen LogP contribution is -2.17. The summed E-state index contributed by atoms with van der Waals surface area (Å²) in [6.45, 7) is 4.10. The van der Waals surface area contributed by atoms with Crippen molar-refractivity contribution < 1.29 is 5.11 Å². The van der Waals surface area contributed by atoms with E-state index in [0.29, 0.717) is 5.92 Å². The summed E-state index contributed by atoms with van der Waals surface area (Å²) in [6, 6.07) is 4.95. The first-order valence-corrected chi connectivity index (χ1v) is 5.02. The van der Waals surface area contributed by atoms with Crippen molar-refractivity contribution in [2.75, 3.05) is 0 Å². The molecule has 2 aromatic rings. The SMILES string of the molecule is CC(C)C(N)c1nc2ccc(O)cc2[nH]1. The number of phenols is 1. The summed E-state index contributed by atoms with van der Waals surface area (Å²) in [4.78, 5) is 7.50. The van der Waals surface area contributed by atoms with E-state index in [0.717, 1.165) is 16.9 Å². The molecule has 15 heavy (non-hydrogen) atoms. The van der Waals surface area contributed by atoms with Gasteiger partial charge in [0, 0.05) is 6.07 Å². The van der Waals surface area contributed by atoms with Crippen molar-refractivity contribution in [3.05, 3.63) is 24.0 Å². The van der Waals surface area contributed by atoms with E-state index in [1.807, 2.05) is 0 Å². The Hall–Kier alpha value is -1.55. The van der Waals surface area contributed by atoms with Gasteiger partial charge in [-0.05, 0) is 18.1 Å². The Morgan fingerprint density at radius 3 is 2.80 bits per heavy atom. The number of benzene rings is 1. The number of hydrogen-bond acceptors (Lipinski definition) is 3.